The van der Waals surface area contributed by atoms with Gasteiger partial charge in [-0.3, -0.25) is 4.79 Å². The molecule has 1 heterocycles. The molecule has 0 spiro atoms. The van der Waals surface area contributed by atoms with Crippen molar-refractivity contribution in [2.24, 2.45) is 0 Å². The summed E-state index contributed by atoms with van der Waals surface area (Å²) in [5.74, 6) is 0.0276. The largest absolute Gasteiger partial charge is 0.372 e. The van der Waals surface area contributed by atoms with Crippen molar-refractivity contribution in [3.63, 3.8) is 0 Å². The molecular weight excluding hydrogens is 314 g/mol. The smallest absolute Gasteiger partial charge is 0.255 e. The number of ether oxygens (including phenoxy) is 1. The van der Waals surface area contributed by atoms with E-state index < -0.39 is 0 Å². The van der Waals surface area contributed by atoms with Crippen molar-refractivity contribution in [1.82, 2.24) is 4.90 Å². The highest BCUT2D eigenvalue weighted by molar-refractivity contribution is 9.10. The van der Waals surface area contributed by atoms with Gasteiger partial charge in [-0.25, -0.2) is 0 Å². The summed E-state index contributed by atoms with van der Waals surface area (Å²) in [5, 5.41) is 0. The summed E-state index contributed by atoms with van der Waals surface area (Å²) >= 11 is 7.69. The van der Waals surface area contributed by atoms with Crippen molar-refractivity contribution in [3.8, 4) is 0 Å². The van der Waals surface area contributed by atoms with E-state index in [0.29, 0.717) is 18.7 Å². The van der Waals surface area contributed by atoms with Crippen LogP contribution in [0.4, 0.5) is 0 Å². The highest BCUT2D eigenvalue weighted by Gasteiger charge is 2.27. The molecule has 2 unspecified atom stereocenters. The van der Waals surface area contributed by atoms with Crippen molar-refractivity contribution in [3.05, 3.63) is 28.2 Å². The molecule has 0 aliphatic carbocycles. The molecule has 2 atom stereocenters. The summed E-state index contributed by atoms with van der Waals surface area (Å²) in [6, 6.07) is 5.50. The van der Waals surface area contributed by atoms with Gasteiger partial charge in [-0.15, -0.1) is 12.6 Å². The van der Waals surface area contributed by atoms with Crippen molar-refractivity contribution >= 4 is 34.5 Å². The zero-order valence-corrected chi connectivity index (χ0v) is 12.9. The number of carbonyl (C=O) groups is 1. The number of carbonyl (C=O) groups excluding carboxylic acids is 1. The summed E-state index contributed by atoms with van der Waals surface area (Å²) in [4.78, 5) is 15.1. The number of nitrogens with zero attached hydrogens (tertiary/aromatic N) is 1. The Morgan fingerprint density at radius 3 is 2.61 bits per heavy atom. The van der Waals surface area contributed by atoms with Crippen LogP contribution < -0.4 is 0 Å². The van der Waals surface area contributed by atoms with Gasteiger partial charge in [0, 0.05) is 22.5 Å². The highest BCUT2D eigenvalue weighted by Crippen LogP contribution is 2.23. The quantitative estimate of drug-likeness (QED) is 0.802. The molecule has 0 N–H and O–H groups in total. The first kappa shape index (κ1) is 13.9. The fraction of sp³-hybridized carbons (Fsp3) is 0.462. The van der Waals surface area contributed by atoms with Crippen molar-refractivity contribution in [2.75, 3.05) is 13.1 Å². The van der Waals surface area contributed by atoms with E-state index in [1.807, 2.05) is 30.9 Å². The number of rotatable bonds is 1. The first-order valence-electron chi connectivity index (χ1n) is 5.90. The van der Waals surface area contributed by atoms with Gasteiger partial charge in [-0.05, 0) is 48.0 Å². The van der Waals surface area contributed by atoms with E-state index in [4.69, 9.17) is 4.74 Å². The minimum Gasteiger partial charge on any atom is -0.372 e. The first-order chi connectivity index (χ1) is 8.47. The van der Waals surface area contributed by atoms with Gasteiger partial charge in [0.15, 0.2) is 0 Å². The van der Waals surface area contributed by atoms with Crippen LogP contribution in [0.5, 0.6) is 0 Å². The maximum Gasteiger partial charge on any atom is 0.255 e. The highest BCUT2D eigenvalue weighted by atomic mass is 79.9. The Hall–Kier alpha value is -0.520. The lowest BCUT2D eigenvalue weighted by molar-refractivity contribution is -0.0586. The molecule has 0 radical (unpaired) electrons. The van der Waals surface area contributed by atoms with Crippen LogP contribution in [-0.2, 0) is 4.74 Å². The maximum atomic E-state index is 12.5. The number of hydrogen-bond acceptors (Lipinski definition) is 3. The Kier molecular flexibility index (Phi) is 4.35. The van der Waals surface area contributed by atoms with Gasteiger partial charge in [0.25, 0.3) is 5.91 Å². The lowest BCUT2D eigenvalue weighted by Crippen LogP contribution is -2.48. The van der Waals surface area contributed by atoms with Crippen LogP contribution in [0.2, 0.25) is 0 Å². The van der Waals surface area contributed by atoms with E-state index >= 15 is 0 Å². The molecule has 98 valence electrons. The Bertz CT molecular complexity index is 456. The summed E-state index contributed by atoms with van der Waals surface area (Å²) < 4.78 is 6.44. The molecule has 1 fully saturated rings. The molecule has 1 amide bonds. The van der Waals surface area contributed by atoms with Crippen LogP contribution in [0.1, 0.15) is 24.2 Å². The number of benzene rings is 1. The Labute approximate surface area is 121 Å². The van der Waals surface area contributed by atoms with Gasteiger partial charge >= 0.3 is 0 Å². The van der Waals surface area contributed by atoms with Gasteiger partial charge in [0.05, 0.1) is 17.8 Å². The van der Waals surface area contributed by atoms with Gasteiger partial charge < -0.3 is 9.64 Å². The van der Waals surface area contributed by atoms with Gasteiger partial charge in [0.2, 0.25) is 0 Å². The summed E-state index contributed by atoms with van der Waals surface area (Å²) in [6.07, 6.45) is 0.159. The molecule has 1 aliphatic heterocycles. The molecule has 0 saturated carbocycles. The van der Waals surface area contributed by atoms with E-state index in [-0.39, 0.29) is 18.1 Å². The molecular formula is C13H16BrNO2S. The number of thiol groups is 1. The molecule has 18 heavy (non-hydrogen) atoms. The maximum absolute atomic E-state index is 12.5. The fourth-order valence-electron chi connectivity index (χ4n) is 2.19. The topological polar surface area (TPSA) is 29.5 Å². The Balaban J connectivity index is 2.22. The van der Waals surface area contributed by atoms with Gasteiger partial charge in [0.1, 0.15) is 0 Å². The SMILES string of the molecule is CC1CN(C(=O)c2cc(S)ccc2Br)CC(C)O1. The van der Waals surface area contributed by atoms with E-state index in [9.17, 15) is 4.79 Å². The van der Waals surface area contributed by atoms with E-state index in [1.54, 1.807) is 6.07 Å². The minimum atomic E-state index is 0.0276. The van der Waals surface area contributed by atoms with Crippen molar-refractivity contribution in [2.45, 2.75) is 31.0 Å². The van der Waals surface area contributed by atoms with E-state index in [2.05, 4.69) is 28.6 Å². The number of halogens is 1. The third kappa shape index (κ3) is 3.08. The molecule has 1 aromatic rings. The lowest BCUT2D eigenvalue weighted by Gasteiger charge is -2.35. The zero-order valence-electron chi connectivity index (χ0n) is 10.4. The average molecular weight is 330 g/mol. The number of hydrogen-bond donors (Lipinski definition) is 1. The Morgan fingerprint density at radius 1 is 1.39 bits per heavy atom. The van der Waals surface area contributed by atoms with Gasteiger partial charge in [-0.2, -0.15) is 0 Å². The van der Waals surface area contributed by atoms with Crippen LogP contribution in [0, 0.1) is 0 Å². The predicted octanol–water partition coefficient (Wildman–Crippen LogP) is 2.99. The standard InChI is InChI=1S/C13H16BrNO2S/c1-8-6-15(7-9(2)17-8)13(16)11-5-10(18)3-4-12(11)14/h3-5,8-9,18H,6-7H2,1-2H3. The first-order valence-corrected chi connectivity index (χ1v) is 7.14. The molecule has 0 aromatic heterocycles. The third-order valence-corrected chi connectivity index (χ3v) is 3.86. The van der Waals surface area contributed by atoms with E-state index in [0.717, 1.165) is 9.37 Å². The summed E-state index contributed by atoms with van der Waals surface area (Å²) in [5.41, 5.74) is 0.656. The average Bonchev–Trinajstić information content (AvgIpc) is 2.30. The monoisotopic (exact) mass is 329 g/mol. The van der Waals surface area contributed by atoms with Crippen molar-refractivity contribution < 1.29 is 9.53 Å². The minimum absolute atomic E-state index is 0.0276. The number of morpholine rings is 1. The third-order valence-electron chi connectivity index (χ3n) is 2.89. The molecule has 3 nitrogen and oxygen atoms in total. The van der Waals surface area contributed by atoms with Crippen LogP contribution in [-0.4, -0.2) is 36.1 Å². The van der Waals surface area contributed by atoms with Crippen LogP contribution >= 0.6 is 28.6 Å². The fourth-order valence-corrected chi connectivity index (χ4v) is 2.81. The predicted molar refractivity (Wildman–Crippen MR) is 77.3 cm³/mol. The summed E-state index contributed by atoms with van der Waals surface area (Å²) in [7, 11) is 0. The van der Waals surface area contributed by atoms with Crippen molar-refractivity contribution in [1.29, 1.82) is 0 Å². The normalized spacial score (nSPS) is 24.1. The van der Waals surface area contributed by atoms with Crippen LogP contribution in [0.3, 0.4) is 0 Å². The summed E-state index contributed by atoms with van der Waals surface area (Å²) in [6.45, 7) is 5.23. The zero-order chi connectivity index (χ0) is 13.3. The van der Waals surface area contributed by atoms with E-state index in [1.165, 1.54) is 0 Å². The molecule has 1 aliphatic rings. The second-order valence-electron chi connectivity index (χ2n) is 4.63. The lowest BCUT2D eigenvalue weighted by atomic mass is 10.1. The number of amides is 1. The second-order valence-corrected chi connectivity index (χ2v) is 6.00. The van der Waals surface area contributed by atoms with Crippen LogP contribution in [0.15, 0.2) is 27.6 Å². The molecule has 0 bridgehead atoms. The second kappa shape index (κ2) is 5.63. The molecule has 1 aromatic carbocycles. The van der Waals surface area contributed by atoms with Crippen LogP contribution in [0.25, 0.3) is 0 Å². The van der Waals surface area contributed by atoms with Gasteiger partial charge in [-0.1, -0.05) is 0 Å². The molecule has 2 rings (SSSR count). The molecule has 1 saturated heterocycles. The Morgan fingerprint density at radius 2 is 2.00 bits per heavy atom. The molecule has 5 heteroatoms.